The van der Waals surface area contributed by atoms with Crippen LogP contribution in [0.5, 0.6) is 0 Å². The van der Waals surface area contributed by atoms with Crippen LogP contribution in [0.4, 0.5) is 5.69 Å². The van der Waals surface area contributed by atoms with Crippen LogP contribution in [0, 0.1) is 18.3 Å². The fourth-order valence-corrected chi connectivity index (χ4v) is 1.80. The summed E-state index contributed by atoms with van der Waals surface area (Å²) < 4.78 is 0. The number of anilines is 1. The minimum atomic E-state index is -0.403. The van der Waals surface area contributed by atoms with E-state index in [1.54, 1.807) is 18.2 Å². The molecule has 0 aromatic heterocycles. The maximum atomic E-state index is 12.0. The van der Waals surface area contributed by atoms with Crippen molar-refractivity contribution in [3.63, 3.8) is 0 Å². The Balaban J connectivity index is 2.20. The second-order valence-corrected chi connectivity index (χ2v) is 4.40. The number of hydrogen-bond acceptors (Lipinski definition) is 2. The summed E-state index contributed by atoms with van der Waals surface area (Å²) in [4.78, 5) is 12.0. The van der Waals surface area contributed by atoms with Gasteiger partial charge >= 0.3 is 0 Å². The number of rotatable bonds is 3. The van der Waals surface area contributed by atoms with Gasteiger partial charge < -0.3 is 5.32 Å². The molecule has 3 heteroatoms. The van der Waals surface area contributed by atoms with Gasteiger partial charge in [-0.2, -0.15) is 5.26 Å². The number of hydrogen-bond donors (Lipinski definition) is 1. The summed E-state index contributed by atoms with van der Waals surface area (Å²) in [6, 6.07) is 18.7. The van der Waals surface area contributed by atoms with Crippen molar-refractivity contribution in [2.24, 2.45) is 0 Å². The van der Waals surface area contributed by atoms with Gasteiger partial charge in [0.15, 0.2) is 0 Å². The second kappa shape index (κ2) is 6.35. The number of nitrogens with one attached hydrogen (secondary N) is 1. The van der Waals surface area contributed by atoms with Crippen LogP contribution in [0.2, 0.25) is 0 Å². The molecule has 0 unspecified atom stereocenters. The van der Waals surface area contributed by atoms with Gasteiger partial charge in [-0.3, -0.25) is 4.79 Å². The molecule has 1 amide bonds. The molecule has 0 heterocycles. The van der Waals surface area contributed by atoms with Crippen molar-refractivity contribution in [3.05, 3.63) is 71.3 Å². The molecule has 1 N–H and O–H groups in total. The molecule has 20 heavy (non-hydrogen) atoms. The fourth-order valence-electron chi connectivity index (χ4n) is 1.80. The van der Waals surface area contributed by atoms with E-state index in [-0.39, 0.29) is 5.57 Å². The normalized spacial score (nSPS) is 10.7. The molecule has 0 radical (unpaired) electrons. The highest BCUT2D eigenvalue weighted by atomic mass is 16.1. The summed E-state index contributed by atoms with van der Waals surface area (Å²) in [6.07, 6.45) is 1.59. The lowest BCUT2D eigenvalue weighted by atomic mass is 10.1. The van der Waals surface area contributed by atoms with Crippen molar-refractivity contribution < 1.29 is 4.79 Å². The zero-order valence-electron chi connectivity index (χ0n) is 11.1. The highest BCUT2D eigenvalue weighted by Gasteiger charge is 2.09. The van der Waals surface area contributed by atoms with Gasteiger partial charge in [0.2, 0.25) is 0 Å². The Kier molecular flexibility index (Phi) is 4.31. The van der Waals surface area contributed by atoms with E-state index in [1.165, 1.54) is 0 Å². The van der Waals surface area contributed by atoms with E-state index in [4.69, 9.17) is 5.26 Å². The first-order chi connectivity index (χ1) is 9.69. The van der Waals surface area contributed by atoms with E-state index in [1.807, 2.05) is 55.5 Å². The Labute approximate surface area is 118 Å². The predicted octanol–water partition coefficient (Wildman–Crippen LogP) is 3.54. The highest BCUT2D eigenvalue weighted by molar-refractivity contribution is 6.09. The quantitative estimate of drug-likeness (QED) is 0.679. The van der Waals surface area contributed by atoms with Gasteiger partial charge in [0.05, 0.1) is 0 Å². The number of aryl methyl sites for hydroxylation is 1. The molecule has 3 nitrogen and oxygen atoms in total. The fraction of sp³-hybridized carbons (Fsp3) is 0.0588. The van der Waals surface area contributed by atoms with Gasteiger partial charge in [0.25, 0.3) is 5.91 Å². The Hall–Kier alpha value is -2.86. The van der Waals surface area contributed by atoms with Crippen molar-refractivity contribution in [1.82, 2.24) is 0 Å². The largest absolute Gasteiger partial charge is 0.321 e. The van der Waals surface area contributed by atoms with E-state index in [2.05, 4.69) is 5.32 Å². The van der Waals surface area contributed by atoms with Crippen molar-refractivity contribution in [3.8, 4) is 6.07 Å². The standard InChI is InChI=1S/C17H14N2O/c1-13-6-5-7-14(10-13)11-15(12-18)17(20)19-16-8-3-2-4-9-16/h2-11H,1H3,(H,19,20)/b15-11+. The molecule has 0 bridgehead atoms. The Bertz CT molecular complexity index is 682. The number of carbonyl (C=O) groups excluding carboxylic acids is 1. The molecule has 0 saturated heterocycles. The summed E-state index contributed by atoms with van der Waals surface area (Å²) in [7, 11) is 0. The van der Waals surface area contributed by atoms with Crippen LogP contribution in [0.25, 0.3) is 6.08 Å². The highest BCUT2D eigenvalue weighted by Crippen LogP contribution is 2.12. The average molecular weight is 262 g/mol. The van der Waals surface area contributed by atoms with Gasteiger partial charge in [0, 0.05) is 5.69 Å². The van der Waals surface area contributed by atoms with Crippen molar-refractivity contribution in [2.45, 2.75) is 6.92 Å². The number of nitrogens with zero attached hydrogens (tertiary/aromatic N) is 1. The Morgan fingerprint density at radius 1 is 1.15 bits per heavy atom. The van der Waals surface area contributed by atoms with Crippen LogP contribution in [0.15, 0.2) is 60.2 Å². The summed E-state index contributed by atoms with van der Waals surface area (Å²) in [6.45, 7) is 1.97. The summed E-state index contributed by atoms with van der Waals surface area (Å²) in [5.41, 5.74) is 2.67. The molecule has 0 saturated carbocycles. The number of benzene rings is 2. The van der Waals surface area contributed by atoms with E-state index >= 15 is 0 Å². The van der Waals surface area contributed by atoms with Gasteiger partial charge in [-0.25, -0.2) is 0 Å². The third-order valence-corrected chi connectivity index (χ3v) is 2.75. The van der Waals surface area contributed by atoms with Gasteiger partial charge in [-0.15, -0.1) is 0 Å². The lowest BCUT2D eigenvalue weighted by Gasteiger charge is -2.04. The minimum Gasteiger partial charge on any atom is -0.321 e. The van der Waals surface area contributed by atoms with Crippen LogP contribution in [0.1, 0.15) is 11.1 Å². The summed E-state index contributed by atoms with van der Waals surface area (Å²) >= 11 is 0. The van der Waals surface area contributed by atoms with Crippen LogP contribution in [-0.2, 0) is 4.79 Å². The first-order valence-corrected chi connectivity index (χ1v) is 6.24. The van der Waals surface area contributed by atoms with Crippen LogP contribution < -0.4 is 5.32 Å². The topological polar surface area (TPSA) is 52.9 Å². The van der Waals surface area contributed by atoms with Gasteiger partial charge in [-0.05, 0) is 30.7 Å². The van der Waals surface area contributed by atoms with Crippen molar-refractivity contribution in [1.29, 1.82) is 5.26 Å². The lowest BCUT2D eigenvalue weighted by molar-refractivity contribution is -0.112. The molecular weight excluding hydrogens is 248 g/mol. The first kappa shape index (κ1) is 13.6. The van der Waals surface area contributed by atoms with Gasteiger partial charge in [0.1, 0.15) is 11.6 Å². The monoisotopic (exact) mass is 262 g/mol. The third-order valence-electron chi connectivity index (χ3n) is 2.75. The first-order valence-electron chi connectivity index (χ1n) is 6.24. The Morgan fingerprint density at radius 3 is 2.55 bits per heavy atom. The zero-order chi connectivity index (χ0) is 14.4. The van der Waals surface area contributed by atoms with E-state index in [9.17, 15) is 4.79 Å². The molecule has 0 aliphatic rings. The zero-order valence-corrected chi connectivity index (χ0v) is 11.1. The van der Waals surface area contributed by atoms with Crippen LogP contribution in [-0.4, -0.2) is 5.91 Å². The molecule has 98 valence electrons. The molecule has 0 aliphatic carbocycles. The molecule has 2 aromatic carbocycles. The molecule has 0 fully saturated rings. The second-order valence-electron chi connectivity index (χ2n) is 4.40. The molecule has 2 aromatic rings. The van der Waals surface area contributed by atoms with Crippen LogP contribution in [0.3, 0.4) is 0 Å². The summed E-state index contributed by atoms with van der Waals surface area (Å²) in [5.74, 6) is -0.403. The molecule has 0 atom stereocenters. The van der Waals surface area contributed by atoms with Crippen molar-refractivity contribution in [2.75, 3.05) is 5.32 Å². The molecule has 2 rings (SSSR count). The van der Waals surface area contributed by atoms with E-state index < -0.39 is 5.91 Å². The van der Waals surface area contributed by atoms with Crippen LogP contribution >= 0.6 is 0 Å². The number of para-hydroxylation sites is 1. The lowest BCUT2D eigenvalue weighted by Crippen LogP contribution is -2.13. The molecular formula is C17H14N2O. The Morgan fingerprint density at radius 2 is 1.90 bits per heavy atom. The number of amides is 1. The van der Waals surface area contributed by atoms with E-state index in [0.717, 1.165) is 11.1 Å². The number of nitriles is 1. The minimum absolute atomic E-state index is 0.0828. The average Bonchev–Trinajstić information content (AvgIpc) is 2.46. The maximum absolute atomic E-state index is 12.0. The maximum Gasteiger partial charge on any atom is 0.266 e. The van der Waals surface area contributed by atoms with Gasteiger partial charge in [-0.1, -0.05) is 48.0 Å². The SMILES string of the molecule is Cc1cccc(/C=C(\C#N)C(=O)Nc2ccccc2)c1. The van der Waals surface area contributed by atoms with E-state index in [0.29, 0.717) is 5.69 Å². The molecule has 0 spiro atoms. The predicted molar refractivity (Wildman–Crippen MR) is 79.8 cm³/mol. The summed E-state index contributed by atoms with van der Waals surface area (Å²) in [5, 5.41) is 11.8. The number of carbonyl (C=O) groups is 1. The molecule has 0 aliphatic heterocycles. The smallest absolute Gasteiger partial charge is 0.266 e. The third kappa shape index (κ3) is 3.56. The van der Waals surface area contributed by atoms with Crippen molar-refractivity contribution >= 4 is 17.7 Å².